The molecule has 0 bridgehead atoms. The monoisotopic (exact) mass is 419 g/mol. The summed E-state index contributed by atoms with van der Waals surface area (Å²) in [5.41, 5.74) is 3.35. The van der Waals surface area contributed by atoms with Gasteiger partial charge in [-0.2, -0.15) is 0 Å². The number of nitrogens with zero attached hydrogens (tertiary/aromatic N) is 4. The lowest BCUT2D eigenvalue weighted by atomic mass is 9.81. The van der Waals surface area contributed by atoms with Gasteiger partial charge in [0.15, 0.2) is 0 Å². The number of hydrogen-bond donors (Lipinski definition) is 1. The van der Waals surface area contributed by atoms with Crippen LogP contribution in [0, 0.1) is 10.8 Å². The van der Waals surface area contributed by atoms with Crippen molar-refractivity contribution in [3.8, 4) is 11.1 Å². The molecule has 1 N–H and O–H groups in total. The van der Waals surface area contributed by atoms with Crippen molar-refractivity contribution in [1.82, 2.24) is 19.9 Å². The molecule has 3 heterocycles. The molecule has 152 valence electrons. The van der Waals surface area contributed by atoms with Crippen LogP contribution in [0.2, 0.25) is 5.02 Å². The molecule has 30 heavy (non-hydrogen) atoms. The molecule has 1 unspecified atom stereocenters. The fraction of sp³-hybridized carbons (Fsp3) is 0.261. The van der Waals surface area contributed by atoms with E-state index in [1.165, 1.54) is 12.5 Å². The highest BCUT2D eigenvalue weighted by atomic mass is 35.5. The summed E-state index contributed by atoms with van der Waals surface area (Å²) < 4.78 is 0. The molecule has 0 saturated carbocycles. The Hall–Kier alpha value is -3.12. The van der Waals surface area contributed by atoms with Crippen molar-refractivity contribution in [3.05, 3.63) is 65.1 Å². The topological polar surface area (TPSA) is 82.8 Å². The maximum atomic E-state index is 13.3. The molecule has 0 spiro atoms. The minimum atomic E-state index is -0.604. The van der Waals surface area contributed by atoms with Crippen LogP contribution in [0.25, 0.3) is 21.9 Å². The van der Waals surface area contributed by atoms with E-state index < -0.39 is 5.41 Å². The molecule has 4 rings (SSSR count). The maximum absolute atomic E-state index is 13.3. The highest BCUT2D eigenvalue weighted by molar-refractivity contribution is 6.31. The van der Waals surface area contributed by atoms with Crippen molar-refractivity contribution in [2.75, 3.05) is 0 Å². The number of pyridine rings is 1. The number of aromatic nitrogens is 3. The van der Waals surface area contributed by atoms with Crippen LogP contribution < -0.4 is 0 Å². The van der Waals surface area contributed by atoms with Crippen molar-refractivity contribution in [1.29, 1.82) is 5.41 Å². The Morgan fingerprint density at radius 3 is 2.63 bits per heavy atom. The van der Waals surface area contributed by atoms with Crippen molar-refractivity contribution >= 4 is 34.5 Å². The number of rotatable bonds is 5. The van der Waals surface area contributed by atoms with E-state index in [0.29, 0.717) is 17.1 Å². The van der Waals surface area contributed by atoms with Crippen molar-refractivity contribution in [3.63, 3.8) is 0 Å². The number of carbonyl (C=O) groups is 1. The normalized spacial score (nSPS) is 19.1. The molecule has 0 radical (unpaired) electrons. The molecule has 0 fully saturated rings. The Kier molecular flexibility index (Phi) is 5.12. The van der Waals surface area contributed by atoms with E-state index in [4.69, 9.17) is 17.0 Å². The van der Waals surface area contributed by atoms with Crippen LogP contribution >= 0.6 is 11.6 Å². The van der Waals surface area contributed by atoms with E-state index >= 15 is 0 Å². The Morgan fingerprint density at radius 2 is 1.97 bits per heavy atom. The van der Waals surface area contributed by atoms with Gasteiger partial charge >= 0.3 is 0 Å². The lowest BCUT2D eigenvalue weighted by Crippen LogP contribution is -2.35. The van der Waals surface area contributed by atoms with E-state index in [1.807, 2.05) is 39.0 Å². The van der Waals surface area contributed by atoms with Gasteiger partial charge in [-0.1, -0.05) is 24.6 Å². The summed E-state index contributed by atoms with van der Waals surface area (Å²) in [6.45, 7) is 6.13. The zero-order chi connectivity index (χ0) is 21.5. The summed E-state index contributed by atoms with van der Waals surface area (Å²) in [6.07, 6.45) is 8.66. The molecule has 2 aromatic heterocycles. The van der Waals surface area contributed by atoms with Crippen LogP contribution in [0.4, 0.5) is 0 Å². The van der Waals surface area contributed by atoms with E-state index in [1.54, 1.807) is 23.5 Å². The summed E-state index contributed by atoms with van der Waals surface area (Å²) in [4.78, 5) is 28.0. The molecule has 0 saturated heterocycles. The van der Waals surface area contributed by atoms with Crippen molar-refractivity contribution < 1.29 is 4.79 Å². The molecule has 1 atom stereocenters. The van der Waals surface area contributed by atoms with E-state index in [-0.39, 0.29) is 12.5 Å². The summed E-state index contributed by atoms with van der Waals surface area (Å²) in [5, 5.41) is 10.4. The fourth-order valence-corrected chi connectivity index (χ4v) is 4.25. The molecule has 7 heteroatoms. The summed E-state index contributed by atoms with van der Waals surface area (Å²) in [7, 11) is 0. The molecule has 1 aliphatic rings. The summed E-state index contributed by atoms with van der Waals surface area (Å²) in [6, 6.07) is 5.65. The van der Waals surface area contributed by atoms with Crippen molar-refractivity contribution in [2.24, 2.45) is 5.41 Å². The first-order valence-corrected chi connectivity index (χ1v) is 10.1. The zero-order valence-electron chi connectivity index (χ0n) is 17.1. The number of halogens is 1. The maximum Gasteiger partial charge on any atom is 0.237 e. The van der Waals surface area contributed by atoms with Gasteiger partial charge in [0.25, 0.3) is 0 Å². The molecular weight excluding hydrogens is 398 g/mol. The number of nitrogens with one attached hydrogen (secondary N) is 1. The van der Waals surface area contributed by atoms with Gasteiger partial charge in [0.05, 0.1) is 23.4 Å². The third-order valence-electron chi connectivity index (χ3n) is 6.15. The SMILES string of the molecule is CCC1(C)C(=O)N(Cc2ncc3cc(Cl)ccc3c2-c2cncnc2)C(C=N)=C1C. The molecule has 1 amide bonds. The van der Waals surface area contributed by atoms with Gasteiger partial charge in [0.1, 0.15) is 6.33 Å². The molecule has 6 nitrogen and oxygen atoms in total. The van der Waals surface area contributed by atoms with Gasteiger partial charge in [0.2, 0.25) is 5.91 Å². The average molecular weight is 420 g/mol. The van der Waals surface area contributed by atoms with E-state index in [0.717, 1.165) is 33.2 Å². The Balaban J connectivity index is 1.89. The van der Waals surface area contributed by atoms with Gasteiger partial charge in [-0.05, 0) is 43.4 Å². The number of carbonyl (C=O) groups excluding carboxylic acids is 1. The van der Waals surface area contributed by atoms with Gasteiger partial charge in [-0.25, -0.2) is 9.97 Å². The van der Waals surface area contributed by atoms with Crippen LogP contribution in [-0.2, 0) is 11.3 Å². The van der Waals surface area contributed by atoms with Gasteiger partial charge in [-0.3, -0.25) is 9.78 Å². The third-order valence-corrected chi connectivity index (χ3v) is 6.39. The summed E-state index contributed by atoms with van der Waals surface area (Å²) >= 11 is 6.18. The van der Waals surface area contributed by atoms with Crippen LogP contribution in [-0.4, -0.2) is 32.0 Å². The third kappa shape index (κ3) is 3.08. The predicted molar refractivity (Wildman–Crippen MR) is 118 cm³/mol. The smallest absolute Gasteiger partial charge is 0.237 e. The first-order valence-electron chi connectivity index (χ1n) is 9.77. The number of fused-ring (bicyclic) bond motifs is 1. The standard InChI is InChI=1S/C23H22ClN5O/c1-4-23(3)14(2)20(8-25)29(22(23)30)12-19-21(16-9-26-13-27-10-16)18-6-5-17(24)7-15(18)11-28-19/h5-11,13,25H,4,12H2,1-3H3. The van der Waals surface area contributed by atoms with Crippen LogP contribution in [0.15, 0.2) is 54.4 Å². The van der Waals surface area contributed by atoms with Crippen LogP contribution in [0.1, 0.15) is 32.9 Å². The minimum Gasteiger partial charge on any atom is -0.307 e. The highest BCUT2D eigenvalue weighted by Crippen LogP contribution is 2.43. The fourth-order valence-electron chi connectivity index (χ4n) is 4.07. The van der Waals surface area contributed by atoms with Crippen LogP contribution in [0.5, 0.6) is 0 Å². The molecular formula is C23H22ClN5O. The molecule has 1 aromatic carbocycles. The zero-order valence-corrected chi connectivity index (χ0v) is 17.9. The van der Waals surface area contributed by atoms with Gasteiger partial charge in [0, 0.05) is 46.3 Å². The predicted octanol–water partition coefficient (Wildman–Crippen LogP) is 5.03. The second-order valence-electron chi connectivity index (χ2n) is 7.67. The van der Waals surface area contributed by atoms with Crippen molar-refractivity contribution in [2.45, 2.75) is 33.7 Å². The Labute approximate surface area is 180 Å². The Bertz CT molecular complexity index is 1190. The lowest BCUT2D eigenvalue weighted by molar-refractivity contribution is -0.135. The largest absolute Gasteiger partial charge is 0.307 e. The first kappa shape index (κ1) is 20.2. The first-order chi connectivity index (χ1) is 14.4. The van der Waals surface area contributed by atoms with Gasteiger partial charge < -0.3 is 10.3 Å². The quantitative estimate of drug-likeness (QED) is 0.588. The minimum absolute atomic E-state index is 0.00531. The molecule has 1 aliphatic heterocycles. The second kappa shape index (κ2) is 7.61. The Morgan fingerprint density at radius 1 is 1.23 bits per heavy atom. The average Bonchev–Trinajstić information content (AvgIpc) is 2.95. The number of benzene rings is 1. The molecule has 3 aromatic rings. The summed E-state index contributed by atoms with van der Waals surface area (Å²) in [5.74, 6) is -0.00531. The van der Waals surface area contributed by atoms with E-state index in [9.17, 15) is 4.79 Å². The highest BCUT2D eigenvalue weighted by Gasteiger charge is 2.45. The second-order valence-corrected chi connectivity index (χ2v) is 8.11. The van der Waals surface area contributed by atoms with Gasteiger partial charge in [-0.15, -0.1) is 0 Å². The number of allylic oxidation sites excluding steroid dienone is 1. The number of amides is 1. The lowest BCUT2D eigenvalue weighted by Gasteiger charge is -2.25. The van der Waals surface area contributed by atoms with Crippen LogP contribution in [0.3, 0.4) is 0 Å². The number of hydrogen-bond acceptors (Lipinski definition) is 5. The molecule has 0 aliphatic carbocycles. The van der Waals surface area contributed by atoms with E-state index in [2.05, 4.69) is 15.0 Å².